The average Bonchev–Trinajstić information content (AvgIpc) is 2.73. The molecule has 1 aliphatic rings. The van der Waals surface area contributed by atoms with Crippen molar-refractivity contribution >= 4 is 17.3 Å². The lowest BCUT2D eigenvalue weighted by Gasteiger charge is -2.38. The number of anilines is 2. The minimum Gasteiger partial charge on any atom is -0.388 e. The Labute approximate surface area is 184 Å². The summed E-state index contributed by atoms with van der Waals surface area (Å²) in [6.07, 6.45) is 2.31. The fraction of sp³-hybridized carbons (Fsp3) is 0.500. The molecule has 1 fully saturated rings. The van der Waals surface area contributed by atoms with Crippen LogP contribution >= 0.6 is 0 Å². The van der Waals surface area contributed by atoms with Crippen LogP contribution in [0.2, 0.25) is 0 Å². The predicted octanol–water partition coefficient (Wildman–Crippen LogP) is 3.04. The number of rotatable bonds is 7. The number of carbonyl (C=O) groups excluding carboxylic acids is 1. The summed E-state index contributed by atoms with van der Waals surface area (Å²) in [6, 6.07) is 4.11. The molecule has 2 aromatic rings. The summed E-state index contributed by atoms with van der Waals surface area (Å²) in [4.78, 5) is 30.3. The zero-order valence-electron chi connectivity index (χ0n) is 19.2. The Morgan fingerprint density at radius 1 is 1.23 bits per heavy atom. The van der Waals surface area contributed by atoms with Gasteiger partial charge in [0.15, 0.2) is 0 Å². The zero-order valence-corrected chi connectivity index (χ0v) is 19.2. The third-order valence-electron chi connectivity index (χ3n) is 6.30. The van der Waals surface area contributed by atoms with Crippen LogP contribution in [0.25, 0.3) is 0 Å². The van der Waals surface area contributed by atoms with Gasteiger partial charge in [0.2, 0.25) is 5.91 Å². The second-order valence-corrected chi connectivity index (χ2v) is 8.29. The van der Waals surface area contributed by atoms with Crippen LogP contribution in [0.3, 0.4) is 0 Å². The van der Waals surface area contributed by atoms with E-state index in [1.165, 1.54) is 0 Å². The number of pyridine rings is 1. The van der Waals surface area contributed by atoms with Crippen molar-refractivity contribution in [2.24, 2.45) is 5.73 Å². The van der Waals surface area contributed by atoms with Crippen molar-refractivity contribution in [1.29, 1.82) is 0 Å². The van der Waals surface area contributed by atoms with Crippen molar-refractivity contribution in [3.8, 4) is 0 Å². The summed E-state index contributed by atoms with van der Waals surface area (Å²) in [5.41, 5.74) is 12.4. The summed E-state index contributed by atoms with van der Waals surface area (Å²) in [5, 5.41) is 3.24. The maximum absolute atomic E-state index is 12.8. The number of aryl methyl sites for hydroxylation is 2. The summed E-state index contributed by atoms with van der Waals surface area (Å²) >= 11 is 0. The number of hydrogen-bond donors (Lipinski definition) is 3. The maximum Gasteiger partial charge on any atom is 0.251 e. The molecule has 0 atom stereocenters. The molecule has 0 aliphatic carbocycles. The van der Waals surface area contributed by atoms with E-state index in [9.17, 15) is 9.59 Å². The van der Waals surface area contributed by atoms with Crippen LogP contribution < -0.4 is 21.5 Å². The number of nitrogens with zero attached hydrogens (tertiary/aromatic N) is 1. The lowest BCUT2D eigenvalue weighted by Crippen LogP contribution is -2.41. The van der Waals surface area contributed by atoms with Gasteiger partial charge in [-0.1, -0.05) is 0 Å². The van der Waals surface area contributed by atoms with E-state index in [-0.39, 0.29) is 5.56 Å². The molecule has 1 amide bonds. The summed E-state index contributed by atoms with van der Waals surface area (Å²) in [7, 11) is 1.83. The van der Waals surface area contributed by atoms with Crippen LogP contribution in [-0.4, -0.2) is 43.7 Å². The number of hydrogen-bond acceptors (Lipinski definition) is 5. The van der Waals surface area contributed by atoms with E-state index in [0.29, 0.717) is 18.0 Å². The predicted molar refractivity (Wildman–Crippen MR) is 125 cm³/mol. The molecule has 0 unspecified atom stereocenters. The molecule has 0 spiro atoms. The molecule has 0 bridgehead atoms. The summed E-state index contributed by atoms with van der Waals surface area (Å²) in [5.74, 6) is -0.450. The van der Waals surface area contributed by atoms with Gasteiger partial charge in [-0.2, -0.15) is 0 Å². The van der Waals surface area contributed by atoms with E-state index >= 15 is 0 Å². The van der Waals surface area contributed by atoms with Crippen molar-refractivity contribution in [1.82, 2.24) is 4.98 Å². The number of H-pyrrole nitrogens is 1. The smallest absolute Gasteiger partial charge is 0.251 e. The molecular weight excluding hydrogens is 392 g/mol. The minimum absolute atomic E-state index is 0.0729. The van der Waals surface area contributed by atoms with Gasteiger partial charge < -0.3 is 25.7 Å². The van der Waals surface area contributed by atoms with Crippen molar-refractivity contribution in [3.05, 3.63) is 56.0 Å². The van der Waals surface area contributed by atoms with Crippen LogP contribution in [0.5, 0.6) is 0 Å². The number of ether oxygens (including phenoxy) is 1. The number of nitrogens with one attached hydrogen (secondary N) is 2. The number of aromatic nitrogens is 1. The van der Waals surface area contributed by atoms with Crippen molar-refractivity contribution in [2.45, 2.75) is 53.0 Å². The number of primary amides is 1. The molecule has 1 aliphatic heterocycles. The zero-order chi connectivity index (χ0) is 22.7. The van der Waals surface area contributed by atoms with Crippen molar-refractivity contribution in [2.75, 3.05) is 37.0 Å². The Morgan fingerprint density at radius 3 is 2.45 bits per heavy atom. The number of aromatic amines is 1. The Morgan fingerprint density at radius 2 is 1.90 bits per heavy atom. The van der Waals surface area contributed by atoms with Crippen LogP contribution in [0, 0.1) is 20.8 Å². The highest BCUT2D eigenvalue weighted by Crippen LogP contribution is 2.38. The van der Waals surface area contributed by atoms with Gasteiger partial charge in [0.1, 0.15) is 0 Å². The van der Waals surface area contributed by atoms with Crippen molar-refractivity contribution < 1.29 is 9.53 Å². The molecule has 1 aromatic heterocycles. The number of amides is 1. The first-order valence-electron chi connectivity index (χ1n) is 11.0. The Hall–Kier alpha value is -2.80. The fourth-order valence-corrected chi connectivity index (χ4v) is 4.74. The first kappa shape index (κ1) is 22.9. The highest BCUT2D eigenvalue weighted by molar-refractivity contribution is 5.98. The van der Waals surface area contributed by atoms with Crippen molar-refractivity contribution in [3.63, 3.8) is 0 Å². The molecule has 1 aromatic carbocycles. The van der Waals surface area contributed by atoms with Gasteiger partial charge in [-0.25, -0.2) is 0 Å². The second-order valence-electron chi connectivity index (χ2n) is 8.29. The largest absolute Gasteiger partial charge is 0.388 e. The van der Waals surface area contributed by atoms with Crippen LogP contribution in [0.15, 0.2) is 16.9 Å². The van der Waals surface area contributed by atoms with Gasteiger partial charge in [-0.05, 0) is 63.8 Å². The maximum atomic E-state index is 12.8. The lowest BCUT2D eigenvalue weighted by molar-refractivity contribution is 0.0845. The van der Waals surface area contributed by atoms with E-state index in [1.54, 1.807) is 0 Å². The normalized spacial score (nSPS) is 14.5. The highest BCUT2D eigenvalue weighted by atomic mass is 16.5. The quantitative estimate of drug-likeness (QED) is 0.632. The second kappa shape index (κ2) is 9.56. The molecule has 4 N–H and O–H groups in total. The standard InChI is InChI=1S/C24H34N4O3/c1-6-28(17-7-9-31-10-8-17)22-16(4)19(23(25)29)13-21(26-5)20(22)12-18-14(2)11-15(3)27-24(18)30/h11,13,17,26H,6-10,12H2,1-5H3,(H2,25,29)(H,27,30). The monoisotopic (exact) mass is 426 g/mol. The van der Waals surface area contributed by atoms with Gasteiger partial charge in [0.25, 0.3) is 5.56 Å². The molecule has 2 heterocycles. The van der Waals surface area contributed by atoms with E-state index in [2.05, 4.69) is 22.1 Å². The van der Waals surface area contributed by atoms with E-state index < -0.39 is 5.91 Å². The Bertz CT molecular complexity index is 1020. The van der Waals surface area contributed by atoms with E-state index in [4.69, 9.17) is 10.5 Å². The molecule has 0 radical (unpaired) electrons. The molecule has 7 nitrogen and oxygen atoms in total. The Balaban J connectivity index is 2.24. The lowest BCUT2D eigenvalue weighted by atomic mass is 9.91. The molecule has 168 valence electrons. The number of carbonyl (C=O) groups is 1. The topological polar surface area (TPSA) is 100 Å². The average molecular weight is 427 g/mol. The highest BCUT2D eigenvalue weighted by Gasteiger charge is 2.28. The van der Waals surface area contributed by atoms with Gasteiger partial charge in [0.05, 0.1) is 0 Å². The summed E-state index contributed by atoms with van der Waals surface area (Å²) in [6.45, 7) is 10.2. The molecule has 0 saturated carbocycles. The third-order valence-corrected chi connectivity index (χ3v) is 6.30. The fourth-order valence-electron chi connectivity index (χ4n) is 4.74. The first-order chi connectivity index (χ1) is 14.8. The molecule has 7 heteroatoms. The van der Waals surface area contributed by atoms with E-state index in [0.717, 1.165) is 71.9 Å². The minimum atomic E-state index is -0.450. The number of nitrogens with two attached hydrogens (primary N) is 1. The van der Waals surface area contributed by atoms with Crippen LogP contribution in [0.1, 0.15) is 58.1 Å². The van der Waals surface area contributed by atoms with Gasteiger partial charge in [-0.3, -0.25) is 9.59 Å². The molecule has 31 heavy (non-hydrogen) atoms. The Kier molecular flexibility index (Phi) is 7.05. The summed E-state index contributed by atoms with van der Waals surface area (Å²) < 4.78 is 5.58. The molecule has 1 saturated heterocycles. The first-order valence-corrected chi connectivity index (χ1v) is 11.0. The van der Waals surface area contributed by atoms with Crippen LogP contribution in [0.4, 0.5) is 11.4 Å². The number of benzene rings is 1. The third kappa shape index (κ3) is 4.61. The van der Waals surface area contributed by atoms with Gasteiger partial charge in [0, 0.05) is 73.0 Å². The molecular formula is C24H34N4O3. The van der Waals surface area contributed by atoms with Gasteiger partial charge >= 0.3 is 0 Å². The van der Waals surface area contributed by atoms with Crippen LogP contribution in [-0.2, 0) is 11.2 Å². The van der Waals surface area contributed by atoms with Gasteiger partial charge in [-0.15, -0.1) is 0 Å². The molecule has 3 rings (SSSR count). The van der Waals surface area contributed by atoms with E-state index in [1.807, 2.05) is 40.0 Å². The SMILES string of the molecule is CCN(c1c(C)c(C(N)=O)cc(NC)c1Cc1c(C)cc(C)[nH]c1=O)C1CCOCC1.